The van der Waals surface area contributed by atoms with Gasteiger partial charge in [0.2, 0.25) is 16.8 Å². The predicted octanol–water partition coefficient (Wildman–Crippen LogP) is 2.54. The van der Waals surface area contributed by atoms with Crippen LogP contribution in [0, 0.1) is 0 Å². The Kier molecular flexibility index (Phi) is 5.36. The average Bonchev–Trinajstić information content (AvgIpc) is 3.06. The van der Waals surface area contributed by atoms with Crippen molar-refractivity contribution in [3.8, 4) is 23.0 Å². The van der Waals surface area contributed by atoms with E-state index in [1.165, 1.54) is 13.2 Å². The number of hydrogen-bond donors (Lipinski definition) is 1. The molecule has 3 rings (SSSR count). The fourth-order valence-electron chi connectivity index (χ4n) is 2.25. The van der Waals surface area contributed by atoms with E-state index >= 15 is 0 Å². The third-order valence-electron chi connectivity index (χ3n) is 3.42. The maximum absolute atomic E-state index is 12.4. The molecular formula is C16H16BrNO6S. The minimum absolute atomic E-state index is 0.0625. The molecule has 2 aromatic rings. The van der Waals surface area contributed by atoms with E-state index in [0.717, 1.165) is 0 Å². The van der Waals surface area contributed by atoms with Gasteiger partial charge in [-0.2, -0.15) is 0 Å². The second-order valence-electron chi connectivity index (χ2n) is 5.06. The van der Waals surface area contributed by atoms with Crippen LogP contribution in [0.25, 0.3) is 0 Å². The van der Waals surface area contributed by atoms with E-state index in [0.29, 0.717) is 21.7 Å². The number of ether oxygens (including phenoxy) is 4. The summed E-state index contributed by atoms with van der Waals surface area (Å²) in [6, 6.07) is 9.96. The fraction of sp³-hybridized carbons (Fsp3) is 0.250. The lowest BCUT2D eigenvalue weighted by molar-refractivity contribution is 0.173. The Bertz CT molecular complexity index is 871. The van der Waals surface area contributed by atoms with Crippen LogP contribution >= 0.6 is 15.9 Å². The second kappa shape index (κ2) is 7.51. The first-order chi connectivity index (χ1) is 12.0. The van der Waals surface area contributed by atoms with Gasteiger partial charge in [0.05, 0.1) is 7.11 Å². The Morgan fingerprint density at radius 1 is 1.16 bits per heavy atom. The van der Waals surface area contributed by atoms with Gasteiger partial charge in [-0.25, -0.2) is 13.1 Å². The minimum atomic E-state index is -3.72. The summed E-state index contributed by atoms with van der Waals surface area (Å²) in [4.78, 5) is 0.0625. The summed E-state index contributed by atoms with van der Waals surface area (Å²) in [6.07, 6.45) is 0. The van der Waals surface area contributed by atoms with Crippen molar-refractivity contribution in [2.24, 2.45) is 0 Å². The summed E-state index contributed by atoms with van der Waals surface area (Å²) in [7, 11) is -2.30. The SMILES string of the molecule is COc1ccc(Br)cc1S(=O)(=O)NCCOc1ccc2c(c1)OCO2. The number of rotatable bonds is 7. The van der Waals surface area contributed by atoms with Gasteiger partial charge in [0.15, 0.2) is 11.5 Å². The summed E-state index contributed by atoms with van der Waals surface area (Å²) in [6.45, 7) is 0.453. The fourth-order valence-corrected chi connectivity index (χ4v) is 3.97. The zero-order valence-electron chi connectivity index (χ0n) is 13.3. The number of sulfonamides is 1. The molecule has 134 valence electrons. The third-order valence-corrected chi connectivity index (χ3v) is 5.40. The van der Waals surface area contributed by atoms with Crippen molar-refractivity contribution in [1.82, 2.24) is 4.72 Å². The molecule has 0 saturated heterocycles. The van der Waals surface area contributed by atoms with Crippen LogP contribution in [0.5, 0.6) is 23.0 Å². The molecule has 2 aromatic carbocycles. The van der Waals surface area contributed by atoms with Crippen molar-refractivity contribution in [3.05, 3.63) is 40.9 Å². The van der Waals surface area contributed by atoms with Crippen molar-refractivity contribution in [3.63, 3.8) is 0 Å². The van der Waals surface area contributed by atoms with E-state index in [1.54, 1.807) is 30.3 Å². The van der Waals surface area contributed by atoms with Crippen LogP contribution in [0.1, 0.15) is 0 Å². The molecular weight excluding hydrogens is 414 g/mol. The van der Waals surface area contributed by atoms with Gasteiger partial charge in [-0.1, -0.05) is 15.9 Å². The van der Waals surface area contributed by atoms with Crippen molar-refractivity contribution in [1.29, 1.82) is 0 Å². The molecule has 0 aromatic heterocycles. The van der Waals surface area contributed by atoms with Crippen LogP contribution in [-0.4, -0.2) is 35.5 Å². The predicted molar refractivity (Wildman–Crippen MR) is 93.9 cm³/mol. The molecule has 1 aliphatic heterocycles. The number of halogens is 1. The number of fused-ring (bicyclic) bond motifs is 1. The number of nitrogens with one attached hydrogen (secondary N) is 1. The highest BCUT2D eigenvalue weighted by atomic mass is 79.9. The maximum atomic E-state index is 12.4. The zero-order valence-corrected chi connectivity index (χ0v) is 15.7. The molecule has 0 atom stereocenters. The lowest BCUT2D eigenvalue weighted by Crippen LogP contribution is -2.28. The van der Waals surface area contributed by atoms with E-state index in [1.807, 2.05) is 0 Å². The molecule has 9 heteroatoms. The van der Waals surface area contributed by atoms with Gasteiger partial charge >= 0.3 is 0 Å². The van der Waals surface area contributed by atoms with Gasteiger partial charge in [0, 0.05) is 17.1 Å². The van der Waals surface area contributed by atoms with Crippen LogP contribution in [0.2, 0.25) is 0 Å². The number of benzene rings is 2. The van der Waals surface area contributed by atoms with Crippen LogP contribution in [-0.2, 0) is 10.0 Å². The van der Waals surface area contributed by atoms with Crippen LogP contribution in [0.15, 0.2) is 45.8 Å². The smallest absolute Gasteiger partial charge is 0.244 e. The lowest BCUT2D eigenvalue weighted by atomic mass is 10.3. The first-order valence-corrected chi connectivity index (χ1v) is 9.63. The molecule has 0 spiro atoms. The Labute approximate surface area is 154 Å². The molecule has 0 unspecified atom stereocenters. The maximum Gasteiger partial charge on any atom is 0.244 e. The van der Waals surface area contributed by atoms with E-state index in [2.05, 4.69) is 20.7 Å². The van der Waals surface area contributed by atoms with Crippen molar-refractivity contribution < 1.29 is 27.4 Å². The summed E-state index contributed by atoms with van der Waals surface area (Å²) < 4.78 is 49.1. The topological polar surface area (TPSA) is 83.1 Å². The molecule has 1 heterocycles. The molecule has 7 nitrogen and oxygen atoms in total. The normalized spacial score (nSPS) is 12.9. The molecule has 25 heavy (non-hydrogen) atoms. The number of methoxy groups -OCH3 is 1. The van der Waals surface area contributed by atoms with Gasteiger partial charge in [-0.15, -0.1) is 0 Å². The molecule has 0 fully saturated rings. The van der Waals surface area contributed by atoms with Gasteiger partial charge in [0.1, 0.15) is 23.0 Å². The summed E-state index contributed by atoms with van der Waals surface area (Å²) in [5.41, 5.74) is 0. The lowest BCUT2D eigenvalue weighted by Gasteiger charge is -2.12. The molecule has 0 aliphatic carbocycles. The van der Waals surface area contributed by atoms with Gasteiger partial charge in [-0.05, 0) is 30.3 Å². The molecule has 0 bridgehead atoms. The zero-order chi connectivity index (χ0) is 17.9. The highest BCUT2D eigenvalue weighted by Gasteiger charge is 2.19. The van der Waals surface area contributed by atoms with E-state index < -0.39 is 10.0 Å². The monoisotopic (exact) mass is 429 g/mol. The Morgan fingerprint density at radius 3 is 2.76 bits per heavy atom. The summed E-state index contributed by atoms with van der Waals surface area (Å²) >= 11 is 3.26. The molecule has 1 aliphatic rings. The number of hydrogen-bond acceptors (Lipinski definition) is 6. The van der Waals surface area contributed by atoms with Crippen molar-refractivity contribution >= 4 is 26.0 Å². The third kappa shape index (κ3) is 4.17. The van der Waals surface area contributed by atoms with E-state index in [4.69, 9.17) is 18.9 Å². The summed E-state index contributed by atoms with van der Waals surface area (Å²) in [5.74, 6) is 2.11. The van der Waals surface area contributed by atoms with Crippen molar-refractivity contribution in [2.75, 3.05) is 27.1 Å². The Hall–Kier alpha value is -1.97. The summed E-state index contributed by atoms with van der Waals surface area (Å²) in [5, 5.41) is 0. The molecule has 0 saturated carbocycles. The van der Waals surface area contributed by atoms with E-state index in [9.17, 15) is 8.42 Å². The average molecular weight is 430 g/mol. The minimum Gasteiger partial charge on any atom is -0.495 e. The standard InChI is InChI=1S/C16H16BrNO6S/c1-21-14-4-2-11(17)8-16(14)25(19,20)18-6-7-22-12-3-5-13-15(9-12)24-10-23-13/h2-5,8-9,18H,6-7,10H2,1H3. The van der Waals surface area contributed by atoms with E-state index in [-0.39, 0.29) is 30.6 Å². The van der Waals surface area contributed by atoms with Crippen LogP contribution < -0.4 is 23.7 Å². The quantitative estimate of drug-likeness (QED) is 0.680. The Balaban J connectivity index is 1.59. The first kappa shape index (κ1) is 17.8. The largest absolute Gasteiger partial charge is 0.495 e. The highest BCUT2D eigenvalue weighted by molar-refractivity contribution is 9.10. The molecule has 1 N–H and O–H groups in total. The van der Waals surface area contributed by atoms with Gasteiger partial charge in [-0.3, -0.25) is 0 Å². The molecule has 0 amide bonds. The van der Waals surface area contributed by atoms with Crippen molar-refractivity contribution in [2.45, 2.75) is 4.90 Å². The van der Waals surface area contributed by atoms with Crippen LogP contribution in [0.3, 0.4) is 0 Å². The first-order valence-electron chi connectivity index (χ1n) is 7.35. The molecule has 0 radical (unpaired) electrons. The van der Waals surface area contributed by atoms with Gasteiger partial charge in [0.25, 0.3) is 0 Å². The second-order valence-corrected chi connectivity index (χ2v) is 7.71. The van der Waals surface area contributed by atoms with Gasteiger partial charge < -0.3 is 18.9 Å². The van der Waals surface area contributed by atoms with Crippen LogP contribution in [0.4, 0.5) is 0 Å². The highest BCUT2D eigenvalue weighted by Crippen LogP contribution is 2.35. The Morgan fingerprint density at radius 2 is 1.96 bits per heavy atom.